The Morgan fingerprint density at radius 1 is 1.25 bits per heavy atom. The van der Waals surface area contributed by atoms with Gasteiger partial charge in [-0.15, -0.1) is 0 Å². The maximum absolute atomic E-state index is 4.81. The second-order valence-electron chi connectivity index (χ2n) is 1.32. The molecular formula is C5H3NS2-2. The highest BCUT2D eigenvalue weighted by Crippen LogP contribution is 2.01. The van der Waals surface area contributed by atoms with E-state index < -0.39 is 0 Å². The summed E-state index contributed by atoms with van der Waals surface area (Å²) in [5, 5.41) is 0. The Labute approximate surface area is 59.0 Å². The van der Waals surface area contributed by atoms with Gasteiger partial charge in [0, 0.05) is 12.4 Å². The lowest BCUT2D eigenvalue weighted by Crippen LogP contribution is -1.77. The van der Waals surface area contributed by atoms with E-state index in [2.05, 4.69) is 4.98 Å². The maximum atomic E-state index is 4.81. The van der Waals surface area contributed by atoms with Crippen molar-refractivity contribution in [3.8, 4) is 0 Å². The van der Waals surface area contributed by atoms with Gasteiger partial charge in [-0.1, -0.05) is 6.07 Å². The standard InChI is InChI=1S/C5H5NS2/c7-4-1-2-6-3-5(4)8/h1-3,8H,(H,6,7)/p-2. The molecule has 0 spiro atoms. The summed E-state index contributed by atoms with van der Waals surface area (Å²) in [5.74, 6) is 0. The minimum atomic E-state index is 0.655. The fourth-order valence-corrected chi connectivity index (χ4v) is 0.610. The molecule has 0 atom stereocenters. The fourth-order valence-electron chi connectivity index (χ4n) is 0.367. The van der Waals surface area contributed by atoms with E-state index in [-0.39, 0.29) is 0 Å². The zero-order valence-electron chi connectivity index (χ0n) is 4.00. The molecule has 0 aliphatic carbocycles. The minimum Gasteiger partial charge on any atom is -0.781 e. The molecule has 0 bridgehead atoms. The molecule has 1 rings (SSSR count). The molecule has 3 heteroatoms. The molecule has 0 aliphatic rings. The van der Waals surface area contributed by atoms with Crippen molar-refractivity contribution in [1.29, 1.82) is 0 Å². The first kappa shape index (κ1) is 5.72. The third kappa shape index (κ3) is 1.05. The molecule has 0 N–H and O–H groups in total. The van der Waals surface area contributed by atoms with Crippen LogP contribution in [0.15, 0.2) is 28.3 Å². The predicted molar refractivity (Wildman–Crippen MR) is 35.5 cm³/mol. The van der Waals surface area contributed by atoms with E-state index >= 15 is 0 Å². The van der Waals surface area contributed by atoms with E-state index in [1.54, 1.807) is 18.5 Å². The molecule has 0 saturated carbocycles. The maximum Gasteiger partial charge on any atom is 0.0251 e. The van der Waals surface area contributed by atoms with Gasteiger partial charge in [-0.25, -0.2) is 0 Å². The Bertz CT molecular complexity index is 167. The largest absolute Gasteiger partial charge is 0.781 e. The van der Waals surface area contributed by atoms with Crippen molar-refractivity contribution in [2.75, 3.05) is 0 Å². The molecule has 0 radical (unpaired) electrons. The van der Waals surface area contributed by atoms with Crippen molar-refractivity contribution in [3.05, 3.63) is 18.5 Å². The van der Waals surface area contributed by atoms with Crippen LogP contribution in [-0.2, 0) is 25.3 Å². The first-order valence-electron chi connectivity index (χ1n) is 2.09. The van der Waals surface area contributed by atoms with Crippen LogP contribution >= 0.6 is 0 Å². The van der Waals surface area contributed by atoms with Crippen LogP contribution in [0.25, 0.3) is 0 Å². The Morgan fingerprint density at radius 3 is 2.38 bits per heavy atom. The zero-order valence-corrected chi connectivity index (χ0v) is 5.63. The van der Waals surface area contributed by atoms with Crippen LogP contribution in [0.3, 0.4) is 0 Å². The van der Waals surface area contributed by atoms with Gasteiger partial charge in [0.1, 0.15) is 0 Å². The van der Waals surface area contributed by atoms with Gasteiger partial charge in [0.2, 0.25) is 0 Å². The Hall–Kier alpha value is -0.410. The van der Waals surface area contributed by atoms with Gasteiger partial charge in [-0.05, 0) is 0 Å². The topological polar surface area (TPSA) is 12.9 Å². The van der Waals surface area contributed by atoms with Crippen LogP contribution in [-0.4, -0.2) is 4.98 Å². The molecule has 1 aromatic rings. The smallest absolute Gasteiger partial charge is 0.0251 e. The minimum absolute atomic E-state index is 0.655. The molecule has 42 valence electrons. The first-order chi connectivity index (χ1) is 3.80. The molecule has 0 unspecified atom stereocenters. The summed E-state index contributed by atoms with van der Waals surface area (Å²) in [4.78, 5) is 5.13. The van der Waals surface area contributed by atoms with E-state index in [1.807, 2.05) is 0 Å². The van der Waals surface area contributed by atoms with Crippen LogP contribution in [0.1, 0.15) is 0 Å². The summed E-state index contributed by atoms with van der Waals surface area (Å²) in [6.45, 7) is 0. The lowest BCUT2D eigenvalue weighted by Gasteiger charge is -2.15. The average Bonchev–Trinajstić information content (AvgIpc) is 1.77. The normalized spacial score (nSPS) is 9.00. The Morgan fingerprint density at radius 2 is 2.00 bits per heavy atom. The molecular weight excluding hydrogens is 138 g/mol. The first-order valence-corrected chi connectivity index (χ1v) is 2.90. The number of pyridine rings is 1. The van der Waals surface area contributed by atoms with Gasteiger partial charge < -0.3 is 25.3 Å². The summed E-state index contributed by atoms with van der Waals surface area (Å²) >= 11 is 9.60. The third-order valence-corrected chi connectivity index (χ3v) is 1.56. The monoisotopic (exact) mass is 141 g/mol. The average molecular weight is 141 g/mol. The summed E-state index contributed by atoms with van der Waals surface area (Å²) in [5.41, 5.74) is 0. The van der Waals surface area contributed by atoms with Gasteiger partial charge in [0.15, 0.2) is 0 Å². The van der Waals surface area contributed by atoms with Crippen LogP contribution < -0.4 is 0 Å². The highest BCUT2D eigenvalue weighted by Gasteiger charge is 1.69. The van der Waals surface area contributed by atoms with Crippen LogP contribution in [0.4, 0.5) is 0 Å². The summed E-state index contributed by atoms with van der Waals surface area (Å²) in [6, 6.07) is 1.72. The summed E-state index contributed by atoms with van der Waals surface area (Å²) < 4.78 is 0. The third-order valence-electron chi connectivity index (χ3n) is 0.747. The summed E-state index contributed by atoms with van der Waals surface area (Å²) in [6.07, 6.45) is 3.22. The SMILES string of the molecule is [S-]c1ccncc1[S-]. The van der Waals surface area contributed by atoms with Gasteiger partial charge in [0.25, 0.3) is 0 Å². The number of nitrogens with zero attached hydrogens (tertiary/aromatic N) is 1. The number of hydrogen-bond donors (Lipinski definition) is 0. The van der Waals surface area contributed by atoms with Crippen molar-refractivity contribution >= 4 is 25.3 Å². The molecule has 0 aromatic carbocycles. The van der Waals surface area contributed by atoms with E-state index in [9.17, 15) is 0 Å². The number of hydrogen-bond acceptors (Lipinski definition) is 3. The quantitative estimate of drug-likeness (QED) is 0.498. The molecule has 0 aliphatic heterocycles. The second kappa shape index (κ2) is 2.24. The predicted octanol–water partition coefficient (Wildman–Crippen LogP) is 0.893. The summed E-state index contributed by atoms with van der Waals surface area (Å²) in [7, 11) is 0. The van der Waals surface area contributed by atoms with Crippen LogP contribution in [0.5, 0.6) is 0 Å². The van der Waals surface area contributed by atoms with Gasteiger partial charge in [-0.3, -0.25) is 4.98 Å². The molecule has 0 amide bonds. The number of aromatic nitrogens is 1. The molecule has 0 saturated heterocycles. The van der Waals surface area contributed by atoms with E-state index in [0.717, 1.165) is 0 Å². The van der Waals surface area contributed by atoms with Crippen molar-refractivity contribution in [3.63, 3.8) is 0 Å². The van der Waals surface area contributed by atoms with E-state index in [1.165, 1.54) is 0 Å². The molecule has 1 heterocycles. The Kier molecular flexibility index (Phi) is 1.60. The lowest BCUT2D eigenvalue weighted by atomic mass is 10.5. The van der Waals surface area contributed by atoms with E-state index in [4.69, 9.17) is 25.3 Å². The van der Waals surface area contributed by atoms with Gasteiger partial charge in [-0.2, -0.15) is 9.79 Å². The highest BCUT2D eigenvalue weighted by molar-refractivity contribution is 7.62. The molecule has 1 nitrogen and oxygen atoms in total. The fraction of sp³-hybridized carbons (Fsp3) is 0. The van der Waals surface area contributed by atoms with Gasteiger partial charge >= 0.3 is 0 Å². The van der Waals surface area contributed by atoms with Crippen molar-refractivity contribution in [1.82, 2.24) is 4.98 Å². The number of rotatable bonds is 0. The highest BCUT2D eigenvalue weighted by atomic mass is 32.1. The second-order valence-corrected chi connectivity index (χ2v) is 2.20. The van der Waals surface area contributed by atoms with Gasteiger partial charge in [0.05, 0.1) is 0 Å². The molecule has 1 aromatic heterocycles. The lowest BCUT2D eigenvalue weighted by molar-refractivity contribution is 1.14. The Balaban J connectivity index is 3.13. The van der Waals surface area contributed by atoms with Crippen molar-refractivity contribution in [2.24, 2.45) is 0 Å². The van der Waals surface area contributed by atoms with Crippen LogP contribution in [0, 0.1) is 0 Å². The molecule has 8 heavy (non-hydrogen) atoms. The van der Waals surface area contributed by atoms with Crippen molar-refractivity contribution in [2.45, 2.75) is 9.79 Å². The van der Waals surface area contributed by atoms with Crippen LogP contribution in [0.2, 0.25) is 0 Å². The van der Waals surface area contributed by atoms with Crippen molar-refractivity contribution < 1.29 is 0 Å². The zero-order chi connectivity index (χ0) is 5.98. The van der Waals surface area contributed by atoms with E-state index in [0.29, 0.717) is 9.79 Å². The molecule has 0 fully saturated rings.